The summed E-state index contributed by atoms with van der Waals surface area (Å²) in [4.78, 5) is 14.6. The molecule has 0 aromatic carbocycles. The average Bonchev–Trinajstić information content (AvgIpc) is 2.49. The predicted octanol–water partition coefficient (Wildman–Crippen LogP) is 1.77. The van der Waals surface area contributed by atoms with E-state index >= 15 is 0 Å². The molecule has 0 bridgehead atoms. The van der Waals surface area contributed by atoms with Crippen molar-refractivity contribution in [1.29, 1.82) is 0 Å². The standard InChI is InChI=1S/C16H30N2O2/c1-12-3-5-15(6-4-12)17-16(20)13(2)18-9-7-14(11-19)8-10-18/h12-15,19H,3-11H2,1-2H3,(H,17,20). The molecule has 1 atom stereocenters. The number of nitrogens with zero attached hydrogens (tertiary/aromatic N) is 1. The largest absolute Gasteiger partial charge is 0.396 e. The fourth-order valence-electron chi connectivity index (χ4n) is 3.41. The van der Waals surface area contributed by atoms with E-state index in [1.807, 2.05) is 6.92 Å². The zero-order valence-corrected chi connectivity index (χ0v) is 13.0. The molecule has 116 valence electrons. The van der Waals surface area contributed by atoms with Crippen LogP contribution in [0.4, 0.5) is 0 Å². The number of hydrogen-bond donors (Lipinski definition) is 2. The SMILES string of the molecule is CC1CCC(NC(=O)C(C)N2CCC(CO)CC2)CC1. The number of carbonyl (C=O) groups excluding carboxylic acids is 1. The summed E-state index contributed by atoms with van der Waals surface area (Å²) in [7, 11) is 0. The van der Waals surface area contributed by atoms with Crippen LogP contribution in [0, 0.1) is 11.8 Å². The van der Waals surface area contributed by atoms with Gasteiger partial charge in [0.15, 0.2) is 0 Å². The normalized spacial score (nSPS) is 30.9. The zero-order chi connectivity index (χ0) is 14.5. The van der Waals surface area contributed by atoms with E-state index in [0.717, 1.165) is 44.7 Å². The van der Waals surface area contributed by atoms with E-state index in [1.165, 1.54) is 12.8 Å². The number of aliphatic hydroxyl groups excluding tert-OH is 1. The first-order valence-electron chi connectivity index (χ1n) is 8.25. The van der Waals surface area contributed by atoms with Crippen molar-refractivity contribution in [3.8, 4) is 0 Å². The molecule has 4 nitrogen and oxygen atoms in total. The van der Waals surface area contributed by atoms with Crippen LogP contribution in [0.2, 0.25) is 0 Å². The third kappa shape index (κ3) is 4.19. The number of piperidine rings is 1. The first kappa shape index (κ1) is 15.8. The maximum atomic E-state index is 12.3. The molecular weight excluding hydrogens is 252 g/mol. The van der Waals surface area contributed by atoms with Gasteiger partial charge >= 0.3 is 0 Å². The van der Waals surface area contributed by atoms with Crippen LogP contribution in [0.25, 0.3) is 0 Å². The Balaban J connectivity index is 1.74. The maximum absolute atomic E-state index is 12.3. The van der Waals surface area contributed by atoms with Crippen LogP contribution in [-0.2, 0) is 4.79 Å². The average molecular weight is 282 g/mol. The van der Waals surface area contributed by atoms with Gasteiger partial charge in [0.05, 0.1) is 6.04 Å². The molecule has 0 aromatic rings. The van der Waals surface area contributed by atoms with Gasteiger partial charge in [0, 0.05) is 12.6 Å². The second-order valence-electron chi connectivity index (χ2n) is 6.80. The van der Waals surface area contributed by atoms with Gasteiger partial charge in [-0.2, -0.15) is 0 Å². The van der Waals surface area contributed by atoms with Gasteiger partial charge in [0.25, 0.3) is 0 Å². The van der Waals surface area contributed by atoms with Gasteiger partial charge < -0.3 is 10.4 Å². The molecule has 0 radical (unpaired) electrons. The molecule has 2 N–H and O–H groups in total. The molecule has 4 heteroatoms. The molecule has 2 fully saturated rings. The number of hydrogen-bond acceptors (Lipinski definition) is 3. The quantitative estimate of drug-likeness (QED) is 0.826. The lowest BCUT2D eigenvalue weighted by atomic mass is 9.87. The molecule has 1 aliphatic heterocycles. The van der Waals surface area contributed by atoms with Crippen LogP contribution in [0.1, 0.15) is 52.4 Å². The monoisotopic (exact) mass is 282 g/mol. The van der Waals surface area contributed by atoms with Gasteiger partial charge in [-0.25, -0.2) is 0 Å². The van der Waals surface area contributed by atoms with E-state index in [9.17, 15) is 4.79 Å². The molecule has 2 rings (SSSR count). The minimum atomic E-state index is -0.0333. The highest BCUT2D eigenvalue weighted by Crippen LogP contribution is 2.24. The molecule has 0 spiro atoms. The second-order valence-corrected chi connectivity index (χ2v) is 6.80. The van der Waals surface area contributed by atoms with Crippen molar-refractivity contribution in [2.24, 2.45) is 11.8 Å². The molecule has 20 heavy (non-hydrogen) atoms. The number of rotatable bonds is 4. The third-order valence-electron chi connectivity index (χ3n) is 5.20. The Morgan fingerprint density at radius 3 is 2.35 bits per heavy atom. The Kier molecular flexibility index (Phi) is 5.85. The molecule has 1 saturated carbocycles. The molecule has 2 aliphatic rings. The van der Waals surface area contributed by atoms with Crippen LogP contribution in [0.3, 0.4) is 0 Å². The van der Waals surface area contributed by atoms with E-state index in [1.54, 1.807) is 0 Å². The summed E-state index contributed by atoms with van der Waals surface area (Å²) in [5.41, 5.74) is 0. The first-order chi connectivity index (χ1) is 9.60. The van der Waals surface area contributed by atoms with Crippen molar-refractivity contribution in [3.05, 3.63) is 0 Å². The van der Waals surface area contributed by atoms with Crippen molar-refractivity contribution in [3.63, 3.8) is 0 Å². The fourth-order valence-corrected chi connectivity index (χ4v) is 3.41. The lowest BCUT2D eigenvalue weighted by Gasteiger charge is -2.36. The molecule has 0 aromatic heterocycles. The zero-order valence-electron chi connectivity index (χ0n) is 13.0. The highest BCUT2D eigenvalue weighted by molar-refractivity contribution is 5.81. The van der Waals surface area contributed by atoms with Crippen LogP contribution < -0.4 is 5.32 Å². The first-order valence-corrected chi connectivity index (χ1v) is 8.25. The van der Waals surface area contributed by atoms with Gasteiger partial charge in [-0.15, -0.1) is 0 Å². The molecule has 1 unspecified atom stereocenters. The van der Waals surface area contributed by atoms with Crippen molar-refractivity contribution >= 4 is 5.91 Å². The van der Waals surface area contributed by atoms with Crippen molar-refractivity contribution in [2.75, 3.05) is 19.7 Å². The summed E-state index contributed by atoms with van der Waals surface area (Å²) >= 11 is 0. The Hall–Kier alpha value is -0.610. The van der Waals surface area contributed by atoms with E-state index in [2.05, 4.69) is 17.1 Å². The number of amides is 1. The molecular formula is C16H30N2O2. The molecule has 1 heterocycles. The summed E-state index contributed by atoms with van der Waals surface area (Å²) < 4.78 is 0. The van der Waals surface area contributed by atoms with E-state index in [0.29, 0.717) is 12.0 Å². The minimum Gasteiger partial charge on any atom is -0.396 e. The highest BCUT2D eigenvalue weighted by atomic mass is 16.3. The number of likely N-dealkylation sites (tertiary alicyclic amines) is 1. The van der Waals surface area contributed by atoms with E-state index in [4.69, 9.17) is 5.11 Å². The fraction of sp³-hybridized carbons (Fsp3) is 0.938. The smallest absolute Gasteiger partial charge is 0.237 e. The Morgan fingerprint density at radius 2 is 1.80 bits per heavy atom. The van der Waals surface area contributed by atoms with Gasteiger partial charge in [0.1, 0.15) is 0 Å². The third-order valence-corrected chi connectivity index (χ3v) is 5.20. The second kappa shape index (κ2) is 7.41. The van der Waals surface area contributed by atoms with Gasteiger partial charge in [-0.3, -0.25) is 9.69 Å². The maximum Gasteiger partial charge on any atom is 0.237 e. The lowest BCUT2D eigenvalue weighted by Crippen LogP contribution is -2.51. The Bertz CT molecular complexity index is 306. The summed E-state index contributed by atoms with van der Waals surface area (Å²) in [6.07, 6.45) is 6.75. The van der Waals surface area contributed by atoms with Crippen molar-refractivity contribution in [1.82, 2.24) is 10.2 Å². The van der Waals surface area contributed by atoms with Gasteiger partial charge in [0.2, 0.25) is 5.91 Å². The summed E-state index contributed by atoms with van der Waals surface area (Å²) in [6, 6.07) is 0.352. The Morgan fingerprint density at radius 1 is 1.20 bits per heavy atom. The van der Waals surface area contributed by atoms with Crippen LogP contribution in [0.5, 0.6) is 0 Å². The highest BCUT2D eigenvalue weighted by Gasteiger charge is 2.28. The van der Waals surface area contributed by atoms with Gasteiger partial charge in [-0.1, -0.05) is 6.92 Å². The van der Waals surface area contributed by atoms with Crippen LogP contribution >= 0.6 is 0 Å². The minimum absolute atomic E-state index is 0.0333. The lowest BCUT2D eigenvalue weighted by molar-refractivity contribution is -0.127. The number of nitrogens with one attached hydrogen (secondary N) is 1. The van der Waals surface area contributed by atoms with E-state index < -0.39 is 0 Å². The Labute approximate surface area is 122 Å². The number of aliphatic hydroxyl groups is 1. The van der Waals surface area contributed by atoms with Gasteiger partial charge in [-0.05, 0) is 70.4 Å². The van der Waals surface area contributed by atoms with Crippen molar-refractivity contribution < 1.29 is 9.90 Å². The summed E-state index contributed by atoms with van der Waals surface area (Å²) in [5, 5.41) is 12.4. The van der Waals surface area contributed by atoms with Crippen molar-refractivity contribution in [2.45, 2.75) is 64.5 Å². The van der Waals surface area contributed by atoms with Crippen LogP contribution in [-0.4, -0.2) is 47.7 Å². The molecule has 1 aliphatic carbocycles. The molecule has 1 saturated heterocycles. The predicted molar refractivity (Wildman–Crippen MR) is 80.4 cm³/mol. The summed E-state index contributed by atoms with van der Waals surface area (Å²) in [5.74, 6) is 1.44. The number of carbonyl (C=O) groups is 1. The summed E-state index contributed by atoms with van der Waals surface area (Å²) in [6.45, 7) is 6.46. The molecule has 1 amide bonds. The van der Waals surface area contributed by atoms with E-state index in [-0.39, 0.29) is 18.6 Å². The topological polar surface area (TPSA) is 52.6 Å². The van der Waals surface area contributed by atoms with Crippen LogP contribution in [0.15, 0.2) is 0 Å².